The number of non-ortho nitro benzene ring substituents is 2. The molecule has 0 fully saturated rings. The number of hydrogen-bond donors (Lipinski definition) is 0. The summed E-state index contributed by atoms with van der Waals surface area (Å²) >= 11 is 0. The van der Waals surface area contributed by atoms with Gasteiger partial charge < -0.3 is 9.47 Å². The van der Waals surface area contributed by atoms with Gasteiger partial charge in [-0.2, -0.15) is 0 Å². The summed E-state index contributed by atoms with van der Waals surface area (Å²) in [6, 6.07) is 26.1. The number of benzene rings is 4. The molecule has 1 unspecified atom stereocenters. The van der Waals surface area contributed by atoms with E-state index in [1.165, 1.54) is 35.4 Å². The highest BCUT2D eigenvalue weighted by atomic mass is 16.6. The van der Waals surface area contributed by atoms with Gasteiger partial charge >= 0.3 is 0 Å². The SMILES string of the molecule is CC1(C)CC(C)(c2ccc(Oc3ccc([N+](=O)[O-])cc3)cc2)c2cc(Oc3ccc([N+](=O)[O-])cc3)ccc21. The fraction of sp³-hybridized carbons (Fsp3) is 0.200. The van der Waals surface area contributed by atoms with Gasteiger partial charge in [0.1, 0.15) is 23.0 Å². The third kappa shape index (κ3) is 4.68. The molecule has 192 valence electrons. The summed E-state index contributed by atoms with van der Waals surface area (Å²) in [5.41, 5.74) is 3.26. The third-order valence-electron chi connectivity index (χ3n) is 7.17. The summed E-state index contributed by atoms with van der Waals surface area (Å²) in [5.74, 6) is 2.36. The molecule has 38 heavy (non-hydrogen) atoms. The first kappa shape index (κ1) is 25.0. The molecule has 0 aliphatic heterocycles. The first-order chi connectivity index (χ1) is 18.0. The maximum Gasteiger partial charge on any atom is 0.269 e. The Morgan fingerprint density at radius 3 is 1.50 bits per heavy atom. The average molecular weight is 511 g/mol. The van der Waals surface area contributed by atoms with E-state index in [1.807, 2.05) is 18.2 Å². The van der Waals surface area contributed by atoms with Crippen molar-refractivity contribution in [1.29, 1.82) is 0 Å². The number of fused-ring (bicyclic) bond motifs is 1. The zero-order valence-corrected chi connectivity index (χ0v) is 21.2. The molecule has 0 radical (unpaired) electrons. The Bertz CT molecular complexity index is 1510. The van der Waals surface area contributed by atoms with E-state index in [2.05, 4.69) is 45.0 Å². The largest absolute Gasteiger partial charge is 0.457 e. The van der Waals surface area contributed by atoms with E-state index in [1.54, 1.807) is 24.3 Å². The van der Waals surface area contributed by atoms with Crippen molar-refractivity contribution in [3.63, 3.8) is 0 Å². The molecule has 0 amide bonds. The molecule has 0 saturated carbocycles. The van der Waals surface area contributed by atoms with Crippen LogP contribution in [0.15, 0.2) is 91.0 Å². The minimum atomic E-state index is -0.442. The quantitative estimate of drug-likeness (QED) is 0.184. The van der Waals surface area contributed by atoms with Gasteiger partial charge in [-0.25, -0.2) is 0 Å². The van der Waals surface area contributed by atoms with Crippen LogP contribution in [0.1, 0.15) is 43.9 Å². The van der Waals surface area contributed by atoms with Crippen LogP contribution in [0.2, 0.25) is 0 Å². The molecular formula is C30H26N2O6. The predicted molar refractivity (Wildman–Crippen MR) is 143 cm³/mol. The van der Waals surface area contributed by atoms with Crippen molar-refractivity contribution >= 4 is 11.4 Å². The molecule has 1 atom stereocenters. The van der Waals surface area contributed by atoms with Crippen molar-refractivity contribution in [3.8, 4) is 23.0 Å². The molecular weight excluding hydrogens is 484 g/mol. The predicted octanol–water partition coefficient (Wildman–Crippen LogP) is 8.07. The highest BCUT2D eigenvalue weighted by Crippen LogP contribution is 2.53. The standard InChI is InChI=1S/C30H26N2O6/c1-29(2)19-30(3,20-4-10-23(11-5-20)37-24-12-6-21(7-13-24)31(33)34)28-18-26(16-17-27(28)29)38-25-14-8-22(9-15-25)32(35)36/h4-18H,19H2,1-3H3. The molecule has 8 nitrogen and oxygen atoms in total. The van der Waals surface area contributed by atoms with Crippen LogP contribution in [0.25, 0.3) is 0 Å². The maximum absolute atomic E-state index is 10.9. The first-order valence-electron chi connectivity index (χ1n) is 12.2. The summed E-state index contributed by atoms with van der Waals surface area (Å²) in [5, 5.41) is 21.8. The van der Waals surface area contributed by atoms with Crippen LogP contribution in [-0.2, 0) is 10.8 Å². The fourth-order valence-corrected chi connectivity index (χ4v) is 5.40. The Balaban J connectivity index is 1.40. The normalized spacial score (nSPS) is 17.4. The fourth-order valence-electron chi connectivity index (χ4n) is 5.40. The Labute approximate surface area is 219 Å². The molecule has 0 bridgehead atoms. The lowest BCUT2D eigenvalue weighted by Gasteiger charge is -2.28. The lowest BCUT2D eigenvalue weighted by Crippen LogP contribution is -2.23. The Hall–Kier alpha value is -4.72. The van der Waals surface area contributed by atoms with Crippen molar-refractivity contribution in [2.24, 2.45) is 0 Å². The van der Waals surface area contributed by atoms with Crippen LogP contribution in [0.4, 0.5) is 11.4 Å². The second-order valence-electron chi connectivity index (χ2n) is 10.3. The molecule has 0 heterocycles. The van der Waals surface area contributed by atoms with Gasteiger partial charge in [0.15, 0.2) is 0 Å². The Morgan fingerprint density at radius 1 is 0.605 bits per heavy atom. The van der Waals surface area contributed by atoms with E-state index in [0.717, 1.165) is 12.0 Å². The van der Waals surface area contributed by atoms with Crippen LogP contribution >= 0.6 is 0 Å². The highest BCUT2D eigenvalue weighted by molar-refractivity contribution is 5.55. The number of nitro groups is 2. The van der Waals surface area contributed by atoms with E-state index in [4.69, 9.17) is 9.47 Å². The molecule has 0 saturated heterocycles. The summed E-state index contributed by atoms with van der Waals surface area (Å²) in [6.45, 7) is 6.70. The molecule has 1 aliphatic rings. The summed E-state index contributed by atoms with van der Waals surface area (Å²) in [4.78, 5) is 20.9. The minimum absolute atomic E-state index is 0.0139. The monoisotopic (exact) mass is 510 g/mol. The van der Waals surface area contributed by atoms with Crippen molar-refractivity contribution < 1.29 is 19.3 Å². The van der Waals surface area contributed by atoms with Crippen molar-refractivity contribution in [1.82, 2.24) is 0 Å². The third-order valence-corrected chi connectivity index (χ3v) is 7.17. The summed E-state index contributed by atoms with van der Waals surface area (Å²) in [7, 11) is 0. The van der Waals surface area contributed by atoms with Gasteiger partial charge in [-0.15, -0.1) is 0 Å². The topological polar surface area (TPSA) is 105 Å². The lowest BCUT2D eigenvalue weighted by molar-refractivity contribution is -0.385. The maximum atomic E-state index is 10.9. The zero-order chi connectivity index (χ0) is 27.1. The molecule has 8 heteroatoms. The van der Waals surface area contributed by atoms with E-state index < -0.39 is 9.85 Å². The van der Waals surface area contributed by atoms with E-state index >= 15 is 0 Å². The van der Waals surface area contributed by atoms with Gasteiger partial charge in [0, 0.05) is 29.7 Å². The van der Waals surface area contributed by atoms with E-state index in [-0.39, 0.29) is 22.2 Å². The minimum Gasteiger partial charge on any atom is -0.457 e. The van der Waals surface area contributed by atoms with Gasteiger partial charge in [0.05, 0.1) is 9.85 Å². The summed E-state index contributed by atoms with van der Waals surface area (Å²) in [6.07, 6.45) is 0.902. The van der Waals surface area contributed by atoms with E-state index in [0.29, 0.717) is 23.0 Å². The second kappa shape index (κ2) is 9.30. The number of rotatable bonds is 7. The lowest BCUT2D eigenvalue weighted by atomic mass is 9.75. The van der Waals surface area contributed by atoms with Gasteiger partial charge in [-0.05, 0) is 77.1 Å². The van der Waals surface area contributed by atoms with E-state index in [9.17, 15) is 20.2 Å². The first-order valence-corrected chi connectivity index (χ1v) is 12.2. The molecule has 4 aromatic rings. The van der Waals surface area contributed by atoms with Gasteiger partial charge in [-0.1, -0.05) is 39.0 Å². The number of ether oxygens (including phenoxy) is 2. The number of hydrogen-bond acceptors (Lipinski definition) is 6. The van der Waals surface area contributed by atoms with Crippen molar-refractivity contribution in [3.05, 3.63) is 128 Å². The van der Waals surface area contributed by atoms with Crippen LogP contribution in [-0.4, -0.2) is 9.85 Å². The number of nitro benzene ring substituents is 2. The molecule has 4 aromatic carbocycles. The van der Waals surface area contributed by atoms with Crippen LogP contribution < -0.4 is 9.47 Å². The highest BCUT2D eigenvalue weighted by Gasteiger charge is 2.45. The second-order valence-corrected chi connectivity index (χ2v) is 10.3. The molecule has 0 spiro atoms. The number of nitrogens with zero attached hydrogens (tertiary/aromatic N) is 2. The molecule has 5 rings (SSSR count). The van der Waals surface area contributed by atoms with Crippen LogP contribution in [0.5, 0.6) is 23.0 Å². The molecule has 0 aromatic heterocycles. The summed E-state index contributed by atoms with van der Waals surface area (Å²) < 4.78 is 12.0. The molecule has 0 N–H and O–H groups in total. The van der Waals surface area contributed by atoms with Gasteiger partial charge in [-0.3, -0.25) is 20.2 Å². The van der Waals surface area contributed by atoms with Crippen molar-refractivity contribution in [2.75, 3.05) is 0 Å². The van der Waals surface area contributed by atoms with Gasteiger partial charge in [0.25, 0.3) is 11.4 Å². The van der Waals surface area contributed by atoms with Crippen molar-refractivity contribution in [2.45, 2.75) is 38.0 Å². The molecule has 1 aliphatic carbocycles. The van der Waals surface area contributed by atoms with Crippen LogP contribution in [0, 0.1) is 20.2 Å². The average Bonchev–Trinajstić information content (AvgIpc) is 3.10. The Morgan fingerprint density at radius 2 is 1.03 bits per heavy atom. The van der Waals surface area contributed by atoms with Gasteiger partial charge in [0.2, 0.25) is 0 Å². The van der Waals surface area contributed by atoms with Crippen LogP contribution in [0.3, 0.4) is 0 Å². The Kier molecular flexibility index (Phi) is 6.11. The zero-order valence-electron chi connectivity index (χ0n) is 21.2. The smallest absolute Gasteiger partial charge is 0.269 e.